The molecule has 3 heteroatoms. The minimum atomic E-state index is 0.493. The molecule has 0 aromatic carbocycles. The molecular weight excluding hydrogens is 224 g/mol. The Balaban J connectivity index is 1.61. The summed E-state index contributed by atoms with van der Waals surface area (Å²) in [5, 5.41) is 0. The van der Waals surface area contributed by atoms with Crippen LogP contribution in [0.25, 0.3) is 0 Å². The zero-order chi connectivity index (χ0) is 12.6. The van der Waals surface area contributed by atoms with E-state index in [4.69, 9.17) is 4.74 Å². The number of ether oxygens (including phenoxy) is 1. The van der Waals surface area contributed by atoms with Gasteiger partial charge in [-0.1, -0.05) is 6.92 Å². The maximum Gasteiger partial charge on any atom is 0.0471 e. The minimum absolute atomic E-state index is 0.493. The third kappa shape index (κ3) is 2.59. The molecular formula is C15H28N2O. The Morgan fingerprint density at radius 2 is 2.00 bits per heavy atom. The van der Waals surface area contributed by atoms with E-state index in [2.05, 4.69) is 23.6 Å². The quantitative estimate of drug-likeness (QED) is 0.747. The number of hydrogen-bond acceptors (Lipinski definition) is 3. The lowest BCUT2D eigenvalue weighted by molar-refractivity contribution is -0.0227. The van der Waals surface area contributed by atoms with Crippen LogP contribution in [0.4, 0.5) is 0 Å². The molecule has 3 heterocycles. The van der Waals surface area contributed by atoms with Gasteiger partial charge >= 0.3 is 0 Å². The molecule has 2 atom stereocenters. The van der Waals surface area contributed by atoms with Gasteiger partial charge in [0.05, 0.1) is 0 Å². The molecule has 3 fully saturated rings. The Morgan fingerprint density at radius 1 is 1.22 bits per heavy atom. The van der Waals surface area contributed by atoms with E-state index in [9.17, 15) is 0 Å². The summed E-state index contributed by atoms with van der Waals surface area (Å²) in [5.41, 5.74) is 0.493. The van der Waals surface area contributed by atoms with Crippen LogP contribution >= 0.6 is 0 Å². The smallest absolute Gasteiger partial charge is 0.0471 e. The Labute approximate surface area is 111 Å². The molecule has 0 saturated carbocycles. The van der Waals surface area contributed by atoms with Crippen molar-refractivity contribution in [2.24, 2.45) is 5.41 Å². The molecule has 0 aliphatic carbocycles. The Hall–Kier alpha value is -0.120. The first kappa shape index (κ1) is 12.9. The Morgan fingerprint density at radius 3 is 2.78 bits per heavy atom. The van der Waals surface area contributed by atoms with E-state index in [0.29, 0.717) is 5.41 Å². The van der Waals surface area contributed by atoms with Crippen LogP contribution in [0.15, 0.2) is 0 Å². The van der Waals surface area contributed by atoms with Crippen LogP contribution in [0.2, 0.25) is 0 Å². The molecule has 104 valence electrons. The van der Waals surface area contributed by atoms with Gasteiger partial charge in [-0.25, -0.2) is 0 Å². The topological polar surface area (TPSA) is 15.7 Å². The molecule has 3 saturated heterocycles. The van der Waals surface area contributed by atoms with Gasteiger partial charge in [-0.15, -0.1) is 0 Å². The van der Waals surface area contributed by atoms with Crippen molar-refractivity contribution in [3.8, 4) is 0 Å². The van der Waals surface area contributed by atoms with Crippen LogP contribution in [0, 0.1) is 5.41 Å². The van der Waals surface area contributed by atoms with E-state index in [1.807, 2.05) is 0 Å². The Kier molecular flexibility index (Phi) is 3.65. The SMILES string of the molecule is CC1CN2CCCC2CN1CC1(C)CCOCC1. The monoisotopic (exact) mass is 252 g/mol. The number of rotatable bonds is 2. The average Bonchev–Trinajstić information content (AvgIpc) is 2.77. The standard InChI is InChI=1S/C15H28N2O/c1-13-10-16-7-3-4-14(16)11-17(13)12-15(2)5-8-18-9-6-15/h13-14H,3-12H2,1-2H3. The van der Waals surface area contributed by atoms with Gasteiger partial charge in [-0.05, 0) is 44.6 Å². The van der Waals surface area contributed by atoms with Crippen molar-refractivity contribution >= 4 is 0 Å². The number of hydrogen-bond donors (Lipinski definition) is 0. The summed E-state index contributed by atoms with van der Waals surface area (Å²) >= 11 is 0. The highest BCUT2D eigenvalue weighted by Gasteiger charge is 2.38. The molecule has 3 rings (SSSR count). The first-order valence-electron chi connectivity index (χ1n) is 7.72. The molecule has 0 aromatic rings. The average molecular weight is 252 g/mol. The van der Waals surface area contributed by atoms with Crippen LogP contribution < -0.4 is 0 Å². The molecule has 0 N–H and O–H groups in total. The minimum Gasteiger partial charge on any atom is -0.381 e. The Bertz CT molecular complexity index is 288. The van der Waals surface area contributed by atoms with E-state index in [1.54, 1.807) is 0 Å². The molecule has 0 amide bonds. The zero-order valence-corrected chi connectivity index (χ0v) is 12.0. The second kappa shape index (κ2) is 5.10. The highest BCUT2D eigenvalue weighted by molar-refractivity contribution is 4.93. The van der Waals surface area contributed by atoms with Gasteiger partial charge in [0.2, 0.25) is 0 Å². The van der Waals surface area contributed by atoms with Gasteiger partial charge in [0.25, 0.3) is 0 Å². The largest absolute Gasteiger partial charge is 0.381 e. The third-order valence-corrected chi connectivity index (χ3v) is 5.35. The fourth-order valence-electron chi connectivity index (χ4n) is 3.98. The van der Waals surface area contributed by atoms with Gasteiger partial charge in [-0.3, -0.25) is 9.80 Å². The molecule has 3 aliphatic heterocycles. The molecule has 0 radical (unpaired) electrons. The summed E-state index contributed by atoms with van der Waals surface area (Å²) in [6.07, 6.45) is 5.31. The van der Waals surface area contributed by atoms with Crippen LogP contribution in [0.5, 0.6) is 0 Å². The van der Waals surface area contributed by atoms with Gasteiger partial charge in [0.1, 0.15) is 0 Å². The maximum atomic E-state index is 5.52. The molecule has 3 aliphatic rings. The highest BCUT2D eigenvalue weighted by Crippen LogP contribution is 2.33. The van der Waals surface area contributed by atoms with Gasteiger partial charge in [-0.2, -0.15) is 0 Å². The van der Waals surface area contributed by atoms with E-state index in [-0.39, 0.29) is 0 Å². The lowest BCUT2D eigenvalue weighted by Crippen LogP contribution is -2.57. The van der Waals surface area contributed by atoms with E-state index in [1.165, 1.54) is 51.9 Å². The van der Waals surface area contributed by atoms with Crippen molar-refractivity contribution in [2.75, 3.05) is 39.4 Å². The summed E-state index contributed by atoms with van der Waals surface area (Å²) in [7, 11) is 0. The van der Waals surface area contributed by atoms with Gasteiger partial charge < -0.3 is 4.74 Å². The van der Waals surface area contributed by atoms with E-state index >= 15 is 0 Å². The van der Waals surface area contributed by atoms with E-state index < -0.39 is 0 Å². The van der Waals surface area contributed by atoms with Crippen molar-refractivity contribution in [1.29, 1.82) is 0 Å². The van der Waals surface area contributed by atoms with Crippen molar-refractivity contribution < 1.29 is 4.74 Å². The van der Waals surface area contributed by atoms with Crippen LogP contribution in [-0.2, 0) is 4.74 Å². The van der Waals surface area contributed by atoms with Gasteiger partial charge in [0.15, 0.2) is 0 Å². The van der Waals surface area contributed by atoms with Crippen LogP contribution in [-0.4, -0.2) is 61.3 Å². The molecule has 2 unspecified atom stereocenters. The molecule has 0 aromatic heterocycles. The highest BCUT2D eigenvalue weighted by atomic mass is 16.5. The fourth-order valence-corrected chi connectivity index (χ4v) is 3.98. The second-order valence-electron chi connectivity index (χ2n) is 6.99. The predicted octanol–water partition coefficient (Wildman–Crippen LogP) is 1.97. The fraction of sp³-hybridized carbons (Fsp3) is 1.00. The van der Waals surface area contributed by atoms with Crippen LogP contribution in [0.1, 0.15) is 39.5 Å². The summed E-state index contributed by atoms with van der Waals surface area (Å²) < 4.78 is 5.52. The first-order valence-corrected chi connectivity index (χ1v) is 7.72. The van der Waals surface area contributed by atoms with Crippen molar-refractivity contribution in [2.45, 2.75) is 51.6 Å². The lowest BCUT2D eigenvalue weighted by Gasteiger charge is -2.46. The maximum absolute atomic E-state index is 5.52. The molecule has 18 heavy (non-hydrogen) atoms. The summed E-state index contributed by atoms with van der Waals surface area (Å²) in [6.45, 7) is 12.0. The summed E-state index contributed by atoms with van der Waals surface area (Å²) in [5.74, 6) is 0. The third-order valence-electron chi connectivity index (χ3n) is 5.35. The van der Waals surface area contributed by atoms with Crippen LogP contribution in [0.3, 0.4) is 0 Å². The molecule has 0 spiro atoms. The van der Waals surface area contributed by atoms with Gasteiger partial charge in [0, 0.05) is 44.9 Å². The zero-order valence-electron chi connectivity index (χ0n) is 12.0. The number of piperazine rings is 1. The predicted molar refractivity (Wildman–Crippen MR) is 73.8 cm³/mol. The number of fused-ring (bicyclic) bond motifs is 1. The molecule has 3 nitrogen and oxygen atoms in total. The van der Waals surface area contributed by atoms with Crippen molar-refractivity contribution in [3.63, 3.8) is 0 Å². The second-order valence-corrected chi connectivity index (χ2v) is 6.99. The lowest BCUT2D eigenvalue weighted by atomic mass is 9.81. The van der Waals surface area contributed by atoms with Crippen molar-refractivity contribution in [3.05, 3.63) is 0 Å². The molecule has 0 bridgehead atoms. The summed E-state index contributed by atoms with van der Waals surface area (Å²) in [6, 6.07) is 1.59. The van der Waals surface area contributed by atoms with Crippen molar-refractivity contribution in [1.82, 2.24) is 9.80 Å². The first-order chi connectivity index (χ1) is 8.66. The summed E-state index contributed by atoms with van der Waals surface area (Å²) in [4.78, 5) is 5.48. The van der Waals surface area contributed by atoms with E-state index in [0.717, 1.165) is 25.3 Å². The normalized spacial score (nSPS) is 37.7. The number of nitrogens with zero attached hydrogens (tertiary/aromatic N) is 2.